The second-order valence-corrected chi connectivity index (χ2v) is 37.8. The fraction of sp³-hybridized carbons (Fsp3) is 0.768. The highest BCUT2D eigenvalue weighted by atomic mass is 16.8. The predicted octanol–water partition coefficient (Wildman–Crippen LogP) is 10.4. The monoisotopic (exact) mass is 1730 g/mol. The first-order chi connectivity index (χ1) is 58.5. The lowest BCUT2D eigenvalue weighted by Crippen LogP contribution is -2.58. The molecule has 12 aliphatic heterocycles. The van der Waals surface area contributed by atoms with Crippen LogP contribution in [0.5, 0.6) is 0 Å². The zero-order valence-corrected chi connectivity index (χ0v) is 75.7. The molecular weight excluding hydrogens is 1590 g/mol. The standard InChI is InChI=1S/C48H72O14.C47H70O14/c1-11-25(2)43-28(5)17-18-47(62-43)23-34-20-33(61-47)16-15-27(4)42(26(3)13-12-14-32-24-55-45-40(49)29(6)19-35(46(51)58-34)48(32,45)52)59-39-22-37(54-10)44(31(8)57-39)60-38-21-36(53-9)41(50)30(7)56-38;1-24(2)41-27(5)16-17-46(61-41)22-33-19-32(60-46)15-14-26(4)42(25(3)12-11-13-31-23-54-44-39(48)28(6)18-34(45(50)57-33)47(31,44)51)58-38-21-36(53-10)43(30(8)56-38)59-37-20-35(52-9)40(49)29(7)55-37/h12-15,17-19,25-26,28,30-31,33-45,49-50,52H,11,16,20-24H2,1-10H3;11-14,16-18,24-25,27,29-30,32-44,48-49,51H,15,19-23H2,1-10H3/b13-12+,27-15+,32-14+;12-11+,26-14+,31-13+. The topological polar surface area (TPSA) is 340 Å². The van der Waals surface area contributed by atoms with Crippen molar-refractivity contribution in [2.75, 3.05) is 41.7 Å². The van der Waals surface area contributed by atoms with Gasteiger partial charge in [0.25, 0.3) is 0 Å². The third kappa shape index (κ3) is 20.6. The molecule has 0 aromatic rings. The molecule has 690 valence electrons. The van der Waals surface area contributed by atoms with Crippen LogP contribution in [-0.4, -0.2) is 279 Å². The van der Waals surface area contributed by atoms with E-state index in [4.69, 9.17) is 94.7 Å². The lowest BCUT2D eigenvalue weighted by Gasteiger charge is -2.48. The molecule has 8 saturated heterocycles. The molecule has 6 N–H and O–H groups in total. The summed E-state index contributed by atoms with van der Waals surface area (Å²) in [5.74, 6) is -5.18. The summed E-state index contributed by atoms with van der Waals surface area (Å²) < 4.78 is 127. The largest absolute Gasteiger partial charge is 0.462 e. The van der Waals surface area contributed by atoms with Gasteiger partial charge in [-0.1, -0.05) is 135 Å². The van der Waals surface area contributed by atoms with E-state index >= 15 is 0 Å². The van der Waals surface area contributed by atoms with Gasteiger partial charge >= 0.3 is 11.9 Å². The molecule has 123 heavy (non-hydrogen) atoms. The Morgan fingerprint density at radius 1 is 0.455 bits per heavy atom. The summed E-state index contributed by atoms with van der Waals surface area (Å²) >= 11 is 0. The number of ether oxygens (including phenoxy) is 20. The molecule has 0 aromatic carbocycles. The van der Waals surface area contributed by atoms with E-state index in [2.05, 4.69) is 79.7 Å². The number of aliphatic hydroxyl groups excluding tert-OH is 4. The molecule has 8 fully saturated rings. The van der Waals surface area contributed by atoms with Crippen LogP contribution in [0.25, 0.3) is 0 Å². The third-order valence-electron chi connectivity index (χ3n) is 28.5. The molecule has 14 aliphatic rings. The Kier molecular flexibility index (Phi) is 31.5. The van der Waals surface area contributed by atoms with Crippen molar-refractivity contribution in [3.63, 3.8) is 0 Å². The normalized spacial score (nSPS) is 49.2. The predicted molar refractivity (Wildman–Crippen MR) is 450 cm³/mol. The quantitative estimate of drug-likeness (QED) is 0.0655. The van der Waals surface area contributed by atoms with E-state index in [9.17, 15) is 40.2 Å². The van der Waals surface area contributed by atoms with Gasteiger partial charge in [-0.3, -0.25) is 9.59 Å². The fourth-order valence-corrected chi connectivity index (χ4v) is 21.0. The molecule has 0 amide bonds. The lowest BCUT2D eigenvalue weighted by molar-refractivity contribution is -0.318. The van der Waals surface area contributed by atoms with Crippen LogP contribution >= 0.6 is 0 Å². The van der Waals surface area contributed by atoms with Gasteiger partial charge in [0.15, 0.2) is 36.7 Å². The number of carbonyl (C=O) groups is 2. The Hall–Kier alpha value is -4.62. The van der Waals surface area contributed by atoms with Gasteiger partial charge in [0.05, 0.1) is 98.7 Å². The molecule has 39 atom stereocenters. The van der Waals surface area contributed by atoms with Gasteiger partial charge in [-0.2, -0.15) is 0 Å². The highest BCUT2D eigenvalue weighted by Crippen LogP contribution is 2.51. The molecule has 39 unspecified atom stereocenters. The Morgan fingerprint density at radius 3 is 1.22 bits per heavy atom. The molecule has 12 heterocycles. The Bertz CT molecular complexity index is 3920. The average molecular weight is 1730 g/mol. The second-order valence-electron chi connectivity index (χ2n) is 37.8. The SMILES string of the molecule is CCC(C)C1OC2(C=CC1C)CC1CC(C/C=C(\C)C(OC3CC(OC)C(OC4CC(OC)C(O)C(C)O4)C(C)O3)C(C)/C=C/C=C3\COC4C(O)C(C)=CC(C(=O)O1)C34O)O2.COC1CC(OC2C(C)OC(OC3/C(C)=C/CC4CC(CC5(C=CC(C)C(C(C)C)O5)O4)OC(=O)C4C=C(C)C(O)C5OC/C(=C\C=C\C3C)C45O)CC2OC)OC(C)C1O. The zero-order chi connectivity index (χ0) is 88.6. The summed E-state index contributed by atoms with van der Waals surface area (Å²) in [6, 6.07) is 0. The molecule has 2 aliphatic carbocycles. The Labute approximate surface area is 726 Å². The van der Waals surface area contributed by atoms with Crippen molar-refractivity contribution in [3.05, 3.63) is 119 Å². The first-order valence-electron chi connectivity index (χ1n) is 45.2. The van der Waals surface area contributed by atoms with Gasteiger partial charge in [-0.05, 0) is 126 Å². The van der Waals surface area contributed by atoms with E-state index in [1.807, 2.05) is 64.2 Å². The van der Waals surface area contributed by atoms with E-state index in [0.717, 1.165) is 17.6 Å². The second kappa shape index (κ2) is 40.4. The van der Waals surface area contributed by atoms with Gasteiger partial charge in [0, 0.05) is 103 Å². The summed E-state index contributed by atoms with van der Waals surface area (Å²) in [6.45, 7) is 32.1. The third-order valence-corrected chi connectivity index (χ3v) is 28.5. The number of fused-ring (bicyclic) bond motifs is 4. The van der Waals surface area contributed by atoms with Crippen LogP contribution in [0.2, 0.25) is 0 Å². The molecule has 28 nitrogen and oxygen atoms in total. The first kappa shape index (κ1) is 95.9. The summed E-state index contributed by atoms with van der Waals surface area (Å²) in [4.78, 5) is 28.6. The highest BCUT2D eigenvalue weighted by molar-refractivity contribution is 5.79. The first-order valence-corrected chi connectivity index (χ1v) is 45.2. The smallest absolute Gasteiger partial charge is 0.316 e. The van der Waals surface area contributed by atoms with Crippen LogP contribution in [0, 0.1) is 47.3 Å². The van der Waals surface area contributed by atoms with Crippen LogP contribution in [-0.2, 0) is 104 Å². The van der Waals surface area contributed by atoms with E-state index in [1.54, 1.807) is 80.4 Å². The number of rotatable bonds is 15. The minimum Gasteiger partial charge on any atom is -0.462 e. The van der Waals surface area contributed by atoms with Crippen molar-refractivity contribution in [1.29, 1.82) is 0 Å². The maximum atomic E-state index is 14.3. The van der Waals surface area contributed by atoms with Gasteiger partial charge in [-0.15, -0.1) is 0 Å². The van der Waals surface area contributed by atoms with Crippen LogP contribution in [0.15, 0.2) is 119 Å². The number of hydrogen-bond donors (Lipinski definition) is 6. The van der Waals surface area contributed by atoms with E-state index in [-0.39, 0.29) is 85.3 Å². The molecule has 28 heteroatoms. The molecule has 0 aromatic heterocycles. The van der Waals surface area contributed by atoms with Crippen molar-refractivity contribution in [1.82, 2.24) is 0 Å². The van der Waals surface area contributed by atoms with Crippen molar-refractivity contribution < 1.29 is 135 Å². The maximum absolute atomic E-state index is 14.3. The molecular formula is C95H142O28. The molecule has 14 rings (SSSR count). The molecule has 0 radical (unpaired) electrons. The molecule has 2 spiro atoms. The molecule has 0 saturated carbocycles. The van der Waals surface area contributed by atoms with E-state index in [1.165, 1.54) is 0 Å². The Morgan fingerprint density at radius 2 is 0.829 bits per heavy atom. The number of methoxy groups -OCH3 is 4. The van der Waals surface area contributed by atoms with Crippen molar-refractivity contribution in [2.45, 2.75) is 376 Å². The summed E-state index contributed by atoms with van der Waals surface area (Å²) in [6.07, 6.45) is 16.1. The number of esters is 2. The van der Waals surface area contributed by atoms with Gasteiger partial charge in [0.2, 0.25) is 0 Å². The van der Waals surface area contributed by atoms with Crippen molar-refractivity contribution in [3.8, 4) is 0 Å². The van der Waals surface area contributed by atoms with Crippen molar-refractivity contribution in [2.24, 2.45) is 47.3 Å². The minimum absolute atomic E-state index is 0.0313. The summed E-state index contributed by atoms with van der Waals surface area (Å²) in [5, 5.41) is 68.4. The minimum atomic E-state index is -1.84. The van der Waals surface area contributed by atoms with E-state index in [0.29, 0.717) is 86.5 Å². The summed E-state index contributed by atoms with van der Waals surface area (Å²) in [7, 11) is 6.44. The Balaban J connectivity index is 0.000000212. The molecule has 4 bridgehead atoms. The summed E-state index contributed by atoms with van der Waals surface area (Å²) in [5.41, 5.74) is 0.263. The van der Waals surface area contributed by atoms with Crippen molar-refractivity contribution >= 4 is 11.9 Å². The number of carbonyl (C=O) groups excluding carboxylic acids is 2. The van der Waals surface area contributed by atoms with Gasteiger partial charge in [-0.25, -0.2) is 0 Å². The zero-order valence-electron chi connectivity index (χ0n) is 75.7. The van der Waals surface area contributed by atoms with Crippen LogP contribution in [0.1, 0.15) is 181 Å². The van der Waals surface area contributed by atoms with Crippen LogP contribution in [0.4, 0.5) is 0 Å². The highest BCUT2D eigenvalue weighted by Gasteiger charge is 2.63. The van der Waals surface area contributed by atoms with Gasteiger partial charge < -0.3 is 125 Å². The number of allylic oxidation sites excluding steroid dienone is 4. The average Bonchev–Trinajstić information content (AvgIpc) is 1.61. The fourth-order valence-electron chi connectivity index (χ4n) is 21.0. The van der Waals surface area contributed by atoms with E-state index < -0.39 is 182 Å². The number of aliphatic hydroxyl groups is 6. The van der Waals surface area contributed by atoms with Crippen LogP contribution in [0.3, 0.4) is 0 Å². The lowest BCUT2D eigenvalue weighted by atomic mass is 9.71. The van der Waals surface area contributed by atoms with Gasteiger partial charge in [0.1, 0.15) is 84.1 Å². The van der Waals surface area contributed by atoms with Crippen LogP contribution < -0.4 is 0 Å². The number of hydrogen-bond acceptors (Lipinski definition) is 28. The maximum Gasteiger partial charge on any atom is 0.316 e.